The Bertz CT molecular complexity index is 904. The van der Waals surface area contributed by atoms with Crippen LogP contribution in [0.2, 0.25) is 0 Å². The van der Waals surface area contributed by atoms with Crippen LogP contribution in [0.25, 0.3) is 5.57 Å². The number of hydrogen-bond acceptors (Lipinski definition) is 4. The average molecular weight is 335 g/mol. The van der Waals surface area contributed by atoms with Gasteiger partial charge >= 0.3 is 0 Å². The lowest BCUT2D eigenvalue weighted by Gasteiger charge is -2.25. The van der Waals surface area contributed by atoms with Crippen LogP contribution in [0.3, 0.4) is 0 Å². The normalized spacial score (nSPS) is 21.8. The van der Waals surface area contributed by atoms with Crippen LogP contribution in [0, 0.1) is 18.3 Å². The van der Waals surface area contributed by atoms with Crippen molar-refractivity contribution in [1.29, 1.82) is 0 Å². The summed E-state index contributed by atoms with van der Waals surface area (Å²) < 4.78 is 1.86. The number of anilines is 1. The lowest BCUT2D eigenvalue weighted by Crippen LogP contribution is -2.31. The highest BCUT2D eigenvalue weighted by Gasteiger charge is 2.51. The van der Waals surface area contributed by atoms with Gasteiger partial charge in [0.1, 0.15) is 5.82 Å². The molecule has 1 aliphatic carbocycles. The first-order valence-electron chi connectivity index (χ1n) is 8.41. The zero-order valence-electron chi connectivity index (χ0n) is 14.9. The van der Waals surface area contributed by atoms with E-state index < -0.39 is 5.41 Å². The number of aromatic nitrogens is 4. The molecule has 2 aromatic rings. The number of aryl methyl sites for hydroxylation is 2. The van der Waals surface area contributed by atoms with E-state index >= 15 is 0 Å². The lowest BCUT2D eigenvalue weighted by molar-refractivity contribution is -0.125. The van der Waals surface area contributed by atoms with Crippen LogP contribution in [0.1, 0.15) is 31.7 Å². The Kier molecular flexibility index (Phi) is 3.39. The summed E-state index contributed by atoms with van der Waals surface area (Å²) in [6.45, 7) is 5.91. The molecular weight excluding hydrogens is 314 g/mol. The summed E-state index contributed by atoms with van der Waals surface area (Å²) in [7, 11) is 1.91. The molecule has 0 bridgehead atoms. The standard InChI is InChI=1S/C19H21N5O/c1-12-20-8-14(9-21-12)13-5-6-15-16(7-13)24(18(25)19(15,2)3)17-10-23(4)11-22-17/h5,7-11,15H,6H2,1-4H3. The van der Waals surface area contributed by atoms with E-state index in [0.29, 0.717) is 5.82 Å². The number of nitrogens with zero attached hydrogens (tertiary/aromatic N) is 5. The van der Waals surface area contributed by atoms with E-state index in [1.807, 2.05) is 51.0 Å². The van der Waals surface area contributed by atoms with Gasteiger partial charge in [-0.15, -0.1) is 0 Å². The van der Waals surface area contributed by atoms with Gasteiger partial charge in [0.25, 0.3) is 0 Å². The van der Waals surface area contributed by atoms with Crippen LogP contribution in [0.15, 0.2) is 42.8 Å². The van der Waals surface area contributed by atoms with Gasteiger partial charge in [-0.25, -0.2) is 15.0 Å². The molecule has 25 heavy (non-hydrogen) atoms. The predicted octanol–water partition coefficient (Wildman–Crippen LogP) is 2.88. The fraction of sp³-hybridized carbons (Fsp3) is 0.368. The van der Waals surface area contributed by atoms with Crippen LogP contribution >= 0.6 is 0 Å². The zero-order chi connectivity index (χ0) is 17.8. The molecule has 1 atom stereocenters. The van der Waals surface area contributed by atoms with Crippen molar-refractivity contribution in [3.8, 4) is 0 Å². The summed E-state index contributed by atoms with van der Waals surface area (Å²) >= 11 is 0. The maximum atomic E-state index is 13.1. The van der Waals surface area contributed by atoms with E-state index in [1.165, 1.54) is 0 Å². The van der Waals surface area contributed by atoms with E-state index in [4.69, 9.17) is 0 Å². The summed E-state index contributed by atoms with van der Waals surface area (Å²) in [5.41, 5.74) is 2.58. The molecular formula is C19H21N5O. The van der Waals surface area contributed by atoms with Gasteiger partial charge in [-0.2, -0.15) is 0 Å². The number of carbonyl (C=O) groups excluding carboxylic acids is 1. The molecule has 2 aromatic heterocycles. The fourth-order valence-electron chi connectivity index (χ4n) is 3.62. The third-order valence-corrected chi connectivity index (χ3v) is 5.15. The molecule has 0 N–H and O–H groups in total. The highest BCUT2D eigenvalue weighted by atomic mass is 16.2. The van der Waals surface area contributed by atoms with Crippen molar-refractivity contribution >= 4 is 17.3 Å². The minimum atomic E-state index is -0.449. The highest BCUT2D eigenvalue weighted by molar-refractivity contribution is 6.04. The summed E-state index contributed by atoms with van der Waals surface area (Å²) in [5.74, 6) is 1.67. The van der Waals surface area contributed by atoms with Crippen molar-refractivity contribution in [3.63, 3.8) is 0 Å². The molecule has 128 valence electrons. The van der Waals surface area contributed by atoms with Crippen molar-refractivity contribution in [2.75, 3.05) is 4.90 Å². The Morgan fingerprint density at radius 3 is 2.56 bits per heavy atom. The minimum Gasteiger partial charge on any atom is -0.338 e. The molecule has 1 saturated heterocycles. The Balaban J connectivity index is 1.79. The maximum absolute atomic E-state index is 13.1. The molecule has 6 nitrogen and oxygen atoms in total. The van der Waals surface area contributed by atoms with Gasteiger partial charge in [0, 0.05) is 42.8 Å². The number of imidazole rings is 1. The first-order valence-corrected chi connectivity index (χ1v) is 8.41. The first-order chi connectivity index (χ1) is 11.9. The number of allylic oxidation sites excluding steroid dienone is 4. The lowest BCUT2D eigenvalue weighted by atomic mass is 9.75. The Hall–Kier alpha value is -2.76. The average Bonchev–Trinajstić information content (AvgIpc) is 3.08. The second kappa shape index (κ2) is 5.37. The van der Waals surface area contributed by atoms with Gasteiger partial charge in [-0.3, -0.25) is 9.69 Å². The number of carbonyl (C=O) groups is 1. The molecule has 0 saturated carbocycles. The Labute approximate surface area is 146 Å². The van der Waals surface area contributed by atoms with Gasteiger partial charge in [0.2, 0.25) is 5.91 Å². The second-order valence-corrected chi connectivity index (χ2v) is 7.30. The van der Waals surface area contributed by atoms with E-state index in [1.54, 1.807) is 11.2 Å². The number of fused-ring (bicyclic) bond motifs is 1. The van der Waals surface area contributed by atoms with E-state index in [0.717, 1.165) is 29.1 Å². The number of amides is 1. The van der Waals surface area contributed by atoms with Crippen LogP contribution in [0.5, 0.6) is 0 Å². The minimum absolute atomic E-state index is 0.0947. The molecule has 3 heterocycles. The molecule has 2 aliphatic rings. The third kappa shape index (κ3) is 2.40. The quantitative estimate of drug-likeness (QED) is 0.846. The van der Waals surface area contributed by atoms with E-state index in [9.17, 15) is 4.79 Å². The SMILES string of the molecule is Cc1ncc(C2=CCC3C(=C2)N(c2cn(C)cn2)C(=O)C3(C)C)cn1. The Morgan fingerprint density at radius 2 is 1.92 bits per heavy atom. The fourth-order valence-corrected chi connectivity index (χ4v) is 3.62. The molecule has 1 unspecified atom stereocenters. The molecule has 0 aromatic carbocycles. The van der Waals surface area contributed by atoms with Gasteiger partial charge in [0.05, 0.1) is 11.7 Å². The monoisotopic (exact) mass is 335 g/mol. The largest absolute Gasteiger partial charge is 0.338 e. The number of hydrogen-bond donors (Lipinski definition) is 0. The molecule has 1 fully saturated rings. The van der Waals surface area contributed by atoms with Gasteiger partial charge in [-0.05, 0) is 25.0 Å². The van der Waals surface area contributed by atoms with E-state index in [-0.39, 0.29) is 11.8 Å². The summed E-state index contributed by atoms with van der Waals surface area (Å²) in [5, 5.41) is 0. The maximum Gasteiger partial charge on any atom is 0.238 e. The van der Waals surface area contributed by atoms with Gasteiger partial charge in [-0.1, -0.05) is 19.9 Å². The van der Waals surface area contributed by atoms with Crippen molar-refractivity contribution in [3.05, 3.63) is 54.2 Å². The summed E-state index contributed by atoms with van der Waals surface area (Å²) in [4.78, 5) is 27.8. The van der Waals surface area contributed by atoms with Gasteiger partial charge < -0.3 is 4.57 Å². The van der Waals surface area contributed by atoms with Crippen LogP contribution in [-0.4, -0.2) is 25.4 Å². The molecule has 4 rings (SSSR count). The van der Waals surface area contributed by atoms with Crippen LogP contribution in [0.4, 0.5) is 5.82 Å². The molecule has 1 aliphatic heterocycles. The third-order valence-electron chi connectivity index (χ3n) is 5.15. The predicted molar refractivity (Wildman–Crippen MR) is 95.4 cm³/mol. The highest BCUT2D eigenvalue weighted by Crippen LogP contribution is 2.50. The number of rotatable bonds is 2. The van der Waals surface area contributed by atoms with Crippen LogP contribution in [-0.2, 0) is 11.8 Å². The molecule has 6 heteroatoms. The second-order valence-electron chi connectivity index (χ2n) is 7.30. The van der Waals surface area contributed by atoms with E-state index in [2.05, 4.69) is 27.1 Å². The molecule has 0 spiro atoms. The van der Waals surface area contributed by atoms with Crippen LogP contribution < -0.4 is 4.90 Å². The first kappa shape index (κ1) is 15.7. The summed E-state index contributed by atoms with van der Waals surface area (Å²) in [6.07, 6.45) is 12.3. The van der Waals surface area contributed by atoms with Crippen molar-refractivity contribution in [2.24, 2.45) is 18.4 Å². The van der Waals surface area contributed by atoms with Crippen molar-refractivity contribution < 1.29 is 4.79 Å². The smallest absolute Gasteiger partial charge is 0.238 e. The Morgan fingerprint density at radius 1 is 1.20 bits per heavy atom. The summed E-state index contributed by atoms with van der Waals surface area (Å²) in [6, 6.07) is 0. The molecule has 0 radical (unpaired) electrons. The topological polar surface area (TPSA) is 63.9 Å². The molecule has 1 amide bonds. The van der Waals surface area contributed by atoms with Crippen molar-refractivity contribution in [1.82, 2.24) is 19.5 Å². The zero-order valence-corrected chi connectivity index (χ0v) is 14.9. The van der Waals surface area contributed by atoms with Crippen molar-refractivity contribution in [2.45, 2.75) is 27.2 Å². The van der Waals surface area contributed by atoms with Gasteiger partial charge in [0.15, 0.2) is 5.82 Å².